The highest BCUT2D eigenvalue weighted by Gasteiger charge is 2.73. The van der Waals surface area contributed by atoms with E-state index in [9.17, 15) is 20.1 Å². The number of carbonyl (C=O) groups is 2. The van der Waals surface area contributed by atoms with E-state index in [1.807, 2.05) is 32.9 Å². The maximum atomic E-state index is 13.6. The molecule has 0 radical (unpaired) electrons. The summed E-state index contributed by atoms with van der Waals surface area (Å²) in [6, 6.07) is 10.7. The number of fused-ring (bicyclic) bond motifs is 5. The molecule has 8 nitrogen and oxygen atoms in total. The van der Waals surface area contributed by atoms with Crippen LogP contribution in [0.3, 0.4) is 0 Å². The van der Waals surface area contributed by atoms with Crippen molar-refractivity contribution in [3.8, 4) is 12.1 Å². The van der Waals surface area contributed by atoms with Crippen molar-refractivity contribution in [1.29, 1.82) is 10.5 Å². The molecule has 2 aliphatic carbocycles. The van der Waals surface area contributed by atoms with Gasteiger partial charge in [0.15, 0.2) is 11.4 Å². The van der Waals surface area contributed by atoms with Crippen molar-refractivity contribution >= 4 is 27.7 Å². The van der Waals surface area contributed by atoms with Gasteiger partial charge >= 0.3 is 0 Å². The zero-order chi connectivity index (χ0) is 22.6. The van der Waals surface area contributed by atoms with Crippen molar-refractivity contribution in [3.63, 3.8) is 0 Å². The number of hydrogen-bond donors (Lipinski definition) is 2. The zero-order valence-electron chi connectivity index (χ0n) is 17.2. The van der Waals surface area contributed by atoms with Crippen LogP contribution < -0.4 is 10.9 Å². The standard InChI is InChI=1S/C22H19BrN6O2/c1-20(2)21(3)8-9-22(20,17-16(21)26-14(10-24)15(11-25)27-17)19(31)29-28-18(30)12-6-4-5-7-13(12)23/h4-7H,8-9H2,1-3H3,(H,28,30)(H,29,31). The molecule has 2 aromatic rings. The highest BCUT2D eigenvalue weighted by Crippen LogP contribution is 2.70. The SMILES string of the molecule is CC12CCC(C(=O)NNC(=O)c3ccccc3Br)(c3nc(C#N)c(C#N)nc31)C2(C)C. The van der Waals surface area contributed by atoms with Gasteiger partial charge in [0.2, 0.25) is 0 Å². The normalized spacial score (nSPS) is 24.6. The summed E-state index contributed by atoms with van der Waals surface area (Å²) >= 11 is 3.33. The van der Waals surface area contributed by atoms with Crippen LogP contribution in [0.4, 0.5) is 0 Å². The first kappa shape index (κ1) is 21.0. The highest BCUT2D eigenvalue weighted by molar-refractivity contribution is 9.10. The van der Waals surface area contributed by atoms with Crippen LogP contribution in [0.15, 0.2) is 28.7 Å². The third kappa shape index (κ3) is 2.56. The van der Waals surface area contributed by atoms with E-state index in [0.29, 0.717) is 34.3 Å². The molecule has 0 spiro atoms. The first-order valence-corrected chi connectivity index (χ1v) is 10.5. The second kappa shape index (κ2) is 6.86. The third-order valence-electron chi connectivity index (χ3n) is 7.28. The number of rotatable bonds is 2. The number of nitriles is 2. The number of carbonyl (C=O) groups excluding carboxylic acids is 2. The van der Waals surface area contributed by atoms with Crippen molar-refractivity contribution in [2.75, 3.05) is 0 Å². The summed E-state index contributed by atoms with van der Waals surface area (Å²) in [6.07, 6.45) is 1.16. The van der Waals surface area contributed by atoms with Gasteiger partial charge in [-0.2, -0.15) is 10.5 Å². The molecule has 4 rings (SSSR count). The molecule has 1 fully saturated rings. The van der Waals surface area contributed by atoms with Crippen molar-refractivity contribution in [1.82, 2.24) is 20.8 Å². The Bertz CT molecular complexity index is 1230. The Morgan fingerprint density at radius 3 is 2.23 bits per heavy atom. The Kier molecular flexibility index (Phi) is 4.64. The predicted molar refractivity (Wildman–Crippen MR) is 113 cm³/mol. The van der Waals surface area contributed by atoms with Gasteiger partial charge < -0.3 is 0 Å². The monoisotopic (exact) mass is 478 g/mol. The highest BCUT2D eigenvalue weighted by atomic mass is 79.9. The molecule has 0 saturated heterocycles. The van der Waals surface area contributed by atoms with Gasteiger partial charge in [0.05, 0.1) is 17.0 Å². The van der Waals surface area contributed by atoms with E-state index in [2.05, 4.69) is 36.7 Å². The predicted octanol–water partition coefficient (Wildman–Crippen LogP) is 2.77. The zero-order valence-corrected chi connectivity index (χ0v) is 18.8. The molecule has 2 amide bonds. The number of nitrogens with zero attached hydrogens (tertiary/aromatic N) is 4. The largest absolute Gasteiger partial charge is 0.272 e. The van der Waals surface area contributed by atoms with Crippen molar-refractivity contribution < 1.29 is 9.59 Å². The maximum absolute atomic E-state index is 13.6. The minimum atomic E-state index is -1.09. The summed E-state index contributed by atoms with van der Waals surface area (Å²) in [5.74, 6) is -0.874. The van der Waals surface area contributed by atoms with Gasteiger partial charge in [-0.15, -0.1) is 0 Å². The molecule has 1 saturated carbocycles. The fourth-order valence-corrected chi connectivity index (χ4v) is 5.54. The summed E-state index contributed by atoms with van der Waals surface area (Å²) in [5.41, 5.74) is 4.10. The fourth-order valence-electron chi connectivity index (χ4n) is 5.07. The Balaban J connectivity index is 1.74. The lowest BCUT2D eigenvalue weighted by Gasteiger charge is -2.39. The van der Waals surface area contributed by atoms with E-state index in [0.717, 1.165) is 0 Å². The second-order valence-corrected chi connectivity index (χ2v) is 9.45. The second-order valence-electron chi connectivity index (χ2n) is 8.59. The molecule has 0 aliphatic heterocycles. The van der Waals surface area contributed by atoms with Crippen LogP contribution in [-0.2, 0) is 15.6 Å². The van der Waals surface area contributed by atoms with Crippen LogP contribution >= 0.6 is 15.9 Å². The molecule has 1 aromatic carbocycles. The lowest BCUT2D eigenvalue weighted by Crippen LogP contribution is -2.55. The van der Waals surface area contributed by atoms with Gasteiger partial charge in [-0.3, -0.25) is 20.4 Å². The van der Waals surface area contributed by atoms with Crippen LogP contribution in [0.5, 0.6) is 0 Å². The van der Waals surface area contributed by atoms with Gasteiger partial charge in [-0.25, -0.2) is 9.97 Å². The average molecular weight is 479 g/mol. The summed E-state index contributed by atoms with van der Waals surface area (Å²) < 4.78 is 0.605. The lowest BCUT2D eigenvalue weighted by atomic mass is 9.63. The van der Waals surface area contributed by atoms with Gasteiger partial charge in [0, 0.05) is 9.89 Å². The van der Waals surface area contributed by atoms with Gasteiger partial charge in [0.25, 0.3) is 11.8 Å². The van der Waals surface area contributed by atoms with Gasteiger partial charge in [-0.05, 0) is 46.3 Å². The van der Waals surface area contributed by atoms with E-state index >= 15 is 0 Å². The molecule has 2 N–H and O–H groups in total. The van der Waals surface area contributed by atoms with Crippen LogP contribution in [0.25, 0.3) is 0 Å². The van der Waals surface area contributed by atoms with E-state index in [1.54, 1.807) is 24.3 Å². The van der Waals surface area contributed by atoms with Gasteiger partial charge in [0.1, 0.15) is 17.6 Å². The first-order valence-electron chi connectivity index (χ1n) is 9.72. The molecule has 156 valence electrons. The molecule has 1 heterocycles. The van der Waals surface area contributed by atoms with Gasteiger partial charge in [-0.1, -0.05) is 32.9 Å². The smallest absolute Gasteiger partial charge is 0.270 e. The lowest BCUT2D eigenvalue weighted by molar-refractivity contribution is -0.131. The van der Waals surface area contributed by atoms with Crippen LogP contribution in [0.2, 0.25) is 0 Å². The van der Waals surface area contributed by atoms with Crippen molar-refractivity contribution in [2.45, 2.75) is 44.4 Å². The number of nitrogens with one attached hydrogen (secondary N) is 2. The third-order valence-corrected chi connectivity index (χ3v) is 7.97. The molecule has 9 heteroatoms. The molecule has 2 unspecified atom stereocenters. The van der Waals surface area contributed by atoms with Crippen molar-refractivity contribution in [2.24, 2.45) is 5.41 Å². The Hall–Kier alpha value is -3.30. The quantitative estimate of drug-likeness (QED) is 0.637. The summed E-state index contributed by atoms with van der Waals surface area (Å²) in [5, 5.41) is 18.8. The molecule has 1 aromatic heterocycles. The summed E-state index contributed by atoms with van der Waals surface area (Å²) in [7, 11) is 0. The summed E-state index contributed by atoms with van der Waals surface area (Å²) in [6.45, 7) is 5.95. The maximum Gasteiger partial charge on any atom is 0.270 e. The minimum Gasteiger partial charge on any atom is -0.272 e. The molecule has 2 bridgehead atoms. The molecule has 2 aliphatic rings. The van der Waals surface area contributed by atoms with Crippen LogP contribution in [-0.4, -0.2) is 21.8 Å². The van der Waals surface area contributed by atoms with Crippen LogP contribution in [0.1, 0.15) is 66.7 Å². The fraction of sp³-hybridized carbons (Fsp3) is 0.364. The number of aromatic nitrogens is 2. The molecule has 31 heavy (non-hydrogen) atoms. The first-order chi connectivity index (χ1) is 14.6. The van der Waals surface area contributed by atoms with E-state index in [1.165, 1.54) is 0 Å². The van der Waals surface area contributed by atoms with E-state index in [4.69, 9.17) is 0 Å². The Morgan fingerprint density at radius 2 is 1.61 bits per heavy atom. The minimum absolute atomic E-state index is 0.0383. The Morgan fingerprint density at radius 1 is 1.00 bits per heavy atom. The van der Waals surface area contributed by atoms with E-state index in [-0.39, 0.29) is 11.4 Å². The molecular formula is C22H19BrN6O2. The number of hydrogen-bond acceptors (Lipinski definition) is 6. The average Bonchev–Trinajstić information content (AvgIpc) is 3.06. The van der Waals surface area contributed by atoms with Crippen molar-refractivity contribution in [3.05, 3.63) is 57.1 Å². The number of benzene rings is 1. The van der Waals surface area contributed by atoms with Crippen LogP contribution in [0, 0.1) is 28.1 Å². The topological polar surface area (TPSA) is 132 Å². The Labute approximate surface area is 187 Å². The number of halogens is 1. The molecule has 2 atom stereocenters. The molecular weight excluding hydrogens is 460 g/mol. The number of hydrazine groups is 1. The van der Waals surface area contributed by atoms with E-state index < -0.39 is 28.1 Å². The summed E-state index contributed by atoms with van der Waals surface area (Å²) in [4.78, 5) is 35.0. The number of amides is 2.